The average Bonchev–Trinajstić information content (AvgIpc) is 3.32. The molecule has 2 amide bonds. The van der Waals surface area contributed by atoms with Gasteiger partial charge in [-0.3, -0.25) is 9.59 Å². The topological polar surface area (TPSA) is 69.9 Å². The molecule has 0 spiro atoms. The Morgan fingerprint density at radius 3 is 2.69 bits per heavy atom. The van der Waals surface area contributed by atoms with Crippen molar-refractivity contribution in [1.82, 2.24) is 14.8 Å². The summed E-state index contributed by atoms with van der Waals surface area (Å²) in [7, 11) is 0. The Kier molecular flexibility index (Phi) is 4.60. The molecule has 2 aromatic rings. The van der Waals surface area contributed by atoms with Crippen molar-refractivity contribution in [3.8, 4) is 0 Å². The number of aromatic nitrogens is 1. The van der Waals surface area contributed by atoms with Crippen molar-refractivity contribution < 1.29 is 14.0 Å². The summed E-state index contributed by atoms with van der Waals surface area (Å²) in [5.41, 5.74) is 0. The van der Waals surface area contributed by atoms with E-state index in [1.54, 1.807) is 23.4 Å². The zero-order valence-electron chi connectivity index (χ0n) is 14.6. The van der Waals surface area contributed by atoms with E-state index in [1.165, 1.54) is 0 Å². The SMILES string of the molecule is O=C1CC(C(=O)N2CCN(c3ccccn3)CC2)CN1Cc1ccco1. The number of piperazine rings is 1. The lowest BCUT2D eigenvalue weighted by Gasteiger charge is -2.36. The molecule has 4 heterocycles. The van der Waals surface area contributed by atoms with Gasteiger partial charge in [-0.25, -0.2) is 4.98 Å². The second-order valence-electron chi connectivity index (χ2n) is 6.75. The predicted molar refractivity (Wildman–Crippen MR) is 95.3 cm³/mol. The molecule has 7 nitrogen and oxygen atoms in total. The van der Waals surface area contributed by atoms with Crippen molar-refractivity contribution in [2.24, 2.45) is 5.92 Å². The van der Waals surface area contributed by atoms with Gasteiger partial charge in [0.2, 0.25) is 11.8 Å². The number of carbonyl (C=O) groups excluding carboxylic acids is 2. The number of hydrogen-bond donors (Lipinski definition) is 0. The number of furan rings is 1. The van der Waals surface area contributed by atoms with E-state index in [0.29, 0.717) is 32.6 Å². The fraction of sp³-hybridized carbons (Fsp3) is 0.421. The van der Waals surface area contributed by atoms with Gasteiger partial charge in [-0.1, -0.05) is 6.07 Å². The summed E-state index contributed by atoms with van der Waals surface area (Å²) in [5, 5.41) is 0. The van der Waals surface area contributed by atoms with Crippen LogP contribution in [0.1, 0.15) is 12.2 Å². The number of nitrogens with zero attached hydrogens (tertiary/aromatic N) is 4. The first-order chi connectivity index (χ1) is 12.7. The molecule has 26 heavy (non-hydrogen) atoms. The molecule has 2 aliphatic heterocycles. The number of hydrogen-bond acceptors (Lipinski definition) is 5. The number of carbonyl (C=O) groups is 2. The molecule has 0 aromatic carbocycles. The first-order valence-electron chi connectivity index (χ1n) is 8.95. The van der Waals surface area contributed by atoms with Gasteiger partial charge in [-0.2, -0.15) is 0 Å². The molecule has 0 saturated carbocycles. The molecule has 0 N–H and O–H groups in total. The summed E-state index contributed by atoms with van der Waals surface area (Å²) in [5.74, 6) is 1.54. The van der Waals surface area contributed by atoms with Gasteiger partial charge < -0.3 is 19.1 Å². The largest absolute Gasteiger partial charge is 0.467 e. The number of amides is 2. The molecule has 136 valence electrons. The molecular formula is C19H22N4O3. The lowest BCUT2D eigenvalue weighted by atomic mass is 10.1. The first-order valence-corrected chi connectivity index (χ1v) is 8.95. The van der Waals surface area contributed by atoms with Gasteiger partial charge in [0, 0.05) is 45.3 Å². The lowest BCUT2D eigenvalue weighted by molar-refractivity contribution is -0.136. The van der Waals surface area contributed by atoms with E-state index in [0.717, 1.165) is 24.7 Å². The molecule has 1 unspecified atom stereocenters. The van der Waals surface area contributed by atoms with E-state index in [1.807, 2.05) is 29.2 Å². The minimum atomic E-state index is -0.251. The molecule has 2 aliphatic rings. The van der Waals surface area contributed by atoms with Gasteiger partial charge in [0.15, 0.2) is 0 Å². The normalized spacial score (nSPS) is 20.7. The number of rotatable bonds is 4. The Bertz CT molecular complexity index is 754. The third-order valence-electron chi connectivity index (χ3n) is 5.06. The summed E-state index contributed by atoms with van der Waals surface area (Å²) in [6, 6.07) is 9.50. The van der Waals surface area contributed by atoms with Crippen molar-refractivity contribution in [3.63, 3.8) is 0 Å². The molecule has 0 aliphatic carbocycles. The van der Waals surface area contributed by atoms with E-state index in [2.05, 4.69) is 9.88 Å². The van der Waals surface area contributed by atoms with Crippen molar-refractivity contribution in [2.45, 2.75) is 13.0 Å². The quantitative estimate of drug-likeness (QED) is 0.829. The zero-order chi connectivity index (χ0) is 17.9. The fourth-order valence-corrected chi connectivity index (χ4v) is 3.64. The third-order valence-corrected chi connectivity index (χ3v) is 5.06. The molecule has 2 fully saturated rings. The highest BCUT2D eigenvalue weighted by Crippen LogP contribution is 2.23. The van der Waals surface area contributed by atoms with Crippen LogP contribution in [0, 0.1) is 5.92 Å². The number of anilines is 1. The third kappa shape index (κ3) is 3.42. The maximum absolute atomic E-state index is 12.8. The van der Waals surface area contributed by atoms with Gasteiger partial charge in [-0.05, 0) is 24.3 Å². The van der Waals surface area contributed by atoms with E-state index in [-0.39, 0.29) is 17.7 Å². The van der Waals surface area contributed by atoms with Gasteiger partial charge >= 0.3 is 0 Å². The van der Waals surface area contributed by atoms with Crippen molar-refractivity contribution in [1.29, 1.82) is 0 Å². The minimum Gasteiger partial charge on any atom is -0.467 e. The highest BCUT2D eigenvalue weighted by Gasteiger charge is 2.37. The van der Waals surface area contributed by atoms with Crippen LogP contribution in [-0.2, 0) is 16.1 Å². The molecular weight excluding hydrogens is 332 g/mol. The van der Waals surface area contributed by atoms with Crippen LogP contribution >= 0.6 is 0 Å². The van der Waals surface area contributed by atoms with Crippen molar-refractivity contribution in [3.05, 3.63) is 48.6 Å². The van der Waals surface area contributed by atoms with Crippen LogP contribution in [0.4, 0.5) is 5.82 Å². The highest BCUT2D eigenvalue weighted by molar-refractivity contribution is 5.89. The fourth-order valence-electron chi connectivity index (χ4n) is 3.64. The van der Waals surface area contributed by atoms with Crippen LogP contribution in [0.5, 0.6) is 0 Å². The smallest absolute Gasteiger partial charge is 0.228 e. The molecule has 0 radical (unpaired) electrons. The highest BCUT2D eigenvalue weighted by atomic mass is 16.3. The van der Waals surface area contributed by atoms with Crippen molar-refractivity contribution >= 4 is 17.6 Å². The van der Waals surface area contributed by atoms with E-state index in [9.17, 15) is 9.59 Å². The Balaban J connectivity index is 1.32. The average molecular weight is 354 g/mol. The molecule has 7 heteroatoms. The summed E-state index contributed by atoms with van der Waals surface area (Å²) in [6.45, 7) is 3.76. The molecule has 2 saturated heterocycles. The summed E-state index contributed by atoms with van der Waals surface area (Å²) < 4.78 is 5.31. The monoisotopic (exact) mass is 354 g/mol. The van der Waals surface area contributed by atoms with Crippen LogP contribution < -0.4 is 4.90 Å². The Labute approximate surface area is 152 Å². The maximum atomic E-state index is 12.8. The van der Waals surface area contributed by atoms with Crippen LogP contribution in [0.15, 0.2) is 47.2 Å². The Hall–Kier alpha value is -2.83. The Morgan fingerprint density at radius 2 is 2.00 bits per heavy atom. The van der Waals surface area contributed by atoms with Crippen LogP contribution in [-0.4, -0.2) is 59.3 Å². The minimum absolute atomic E-state index is 0.0203. The molecule has 1 atom stereocenters. The molecule has 2 aromatic heterocycles. The first kappa shape index (κ1) is 16.6. The maximum Gasteiger partial charge on any atom is 0.228 e. The predicted octanol–water partition coefficient (Wildman–Crippen LogP) is 1.37. The van der Waals surface area contributed by atoms with Gasteiger partial charge in [-0.15, -0.1) is 0 Å². The second-order valence-corrected chi connectivity index (χ2v) is 6.75. The number of likely N-dealkylation sites (tertiary alicyclic amines) is 1. The Morgan fingerprint density at radius 1 is 1.15 bits per heavy atom. The second kappa shape index (κ2) is 7.19. The van der Waals surface area contributed by atoms with Gasteiger partial charge in [0.1, 0.15) is 11.6 Å². The zero-order valence-corrected chi connectivity index (χ0v) is 14.6. The summed E-state index contributed by atoms with van der Waals surface area (Å²) in [4.78, 5) is 35.2. The van der Waals surface area contributed by atoms with Crippen molar-refractivity contribution in [2.75, 3.05) is 37.6 Å². The molecule has 4 rings (SSSR count). The van der Waals surface area contributed by atoms with Gasteiger partial charge in [0.25, 0.3) is 0 Å². The molecule has 0 bridgehead atoms. The van der Waals surface area contributed by atoms with E-state index in [4.69, 9.17) is 4.42 Å². The van der Waals surface area contributed by atoms with Gasteiger partial charge in [0.05, 0.1) is 18.7 Å². The van der Waals surface area contributed by atoms with Crippen LogP contribution in [0.3, 0.4) is 0 Å². The number of pyridine rings is 1. The summed E-state index contributed by atoms with van der Waals surface area (Å²) in [6.07, 6.45) is 3.67. The summed E-state index contributed by atoms with van der Waals surface area (Å²) >= 11 is 0. The lowest BCUT2D eigenvalue weighted by Crippen LogP contribution is -2.50. The van der Waals surface area contributed by atoms with E-state index < -0.39 is 0 Å². The van der Waals surface area contributed by atoms with Crippen LogP contribution in [0.2, 0.25) is 0 Å². The van der Waals surface area contributed by atoms with Crippen LogP contribution in [0.25, 0.3) is 0 Å². The van der Waals surface area contributed by atoms with E-state index >= 15 is 0 Å². The standard InChI is InChI=1S/C19H22N4O3/c24-18-12-15(13-23(18)14-16-4-3-11-26-16)19(25)22-9-7-21(8-10-22)17-5-1-2-6-20-17/h1-6,11,15H,7-10,12-14H2.